The first-order chi connectivity index (χ1) is 9.41. The third kappa shape index (κ3) is 2.17. The minimum absolute atomic E-state index is 0.104. The summed E-state index contributed by atoms with van der Waals surface area (Å²) in [5, 5.41) is 9.13. The lowest BCUT2D eigenvalue weighted by Gasteiger charge is -2.41. The Hall–Kier alpha value is -1.92. The number of anilines is 1. The van der Waals surface area contributed by atoms with Crippen LogP contribution in [-0.2, 0) is 0 Å². The molecule has 2 heterocycles. The second-order valence-electron chi connectivity index (χ2n) is 5.24. The number of aromatic carboxylic acids is 1. The highest BCUT2D eigenvalue weighted by Crippen LogP contribution is 2.46. The lowest BCUT2D eigenvalue weighted by molar-refractivity contribution is -0.0264. The van der Waals surface area contributed by atoms with Gasteiger partial charge in [0.1, 0.15) is 0 Å². The number of ether oxygens (including phenoxy) is 1. The topological polar surface area (TPSA) is 62.7 Å². The van der Waals surface area contributed by atoms with Crippen LogP contribution >= 0.6 is 0 Å². The van der Waals surface area contributed by atoms with Crippen molar-refractivity contribution in [2.75, 3.05) is 25.1 Å². The van der Waals surface area contributed by atoms with Crippen molar-refractivity contribution in [3.63, 3.8) is 0 Å². The van der Waals surface area contributed by atoms with E-state index in [-0.39, 0.29) is 30.5 Å². The standard InChI is InChI=1S/C13H14F2N2O3/c1-20-9-4-8(17-5-13(14,15)6-17)10(7-2-3-7)16-11(9)12(18)19/h4,7H,2-3,5-6H2,1H3,(H,18,19). The van der Waals surface area contributed by atoms with E-state index < -0.39 is 11.9 Å². The summed E-state index contributed by atoms with van der Waals surface area (Å²) >= 11 is 0. The van der Waals surface area contributed by atoms with Crippen molar-refractivity contribution in [2.45, 2.75) is 24.7 Å². The van der Waals surface area contributed by atoms with E-state index in [0.29, 0.717) is 11.4 Å². The lowest BCUT2D eigenvalue weighted by Crippen LogP contribution is -2.56. The van der Waals surface area contributed by atoms with Crippen molar-refractivity contribution in [2.24, 2.45) is 0 Å². The van der Waals surface area contributed by atoms with Crippen LogP contribution in [0.1, 0.15) is 34.9 Å². The smallest absolute Gasteiger partial charge is 0.358 e. The van der Waals surface area contributed by atoms with E-state index in [1.54, 1.807) is 0 Å². The molecule has 1 aliphatic carbocycles. The zero-order valence-electron chi connectivity index (χ0n) is 10.9. The van der Waals surface area contributed by atoms with Crippen LogP contribution in [0.5, 0.6) is 5.75 Å². The van der Waals surface area contributed by atoms with Gasteiger partial charge in [0.05, 0.1) is 31.6 Å². The van der Waals surface area contributed by atoms with Crippen molar-refractivity contribution < 1.29 is 23.4 Å². The summed E-state index contributed by atoms with van der Waals surface area (Å²) in [6.07, 6.45) is 1.82. The Morgan fingerprint density at radius 3 is 2.60 bits per heavy atom. The molecular formula is C13H14F2N2O3. The Morgan fingerprint density at radius 1 is 1.50 bits per heavy atom. The Labute approximate surface area is 114 Å². The van der Waals surface area contributed by atoms with Crippen molar-refractivity contribution >= 4 is 11.7 Å². The van der Waals surface area contributed by atoms with Gasteiger partial charge in [0.2, 0.25) is 0 Å². The molecule has 3 rings (SSSR count). The van der Waals surface area contributed by atoms with Gasteiger partial charge >= 0.3 is 5.97 Å². The van der Waals surface area contributed by atoms with E-state index >= 15 is 0 Å². The van der Waals surface area contributed by atoms with Crippen LogP contribution in [0.15, 0.2) is 6.07 Å². The van der Waals surface area contributed by atoms with E-state index in [2.05, 4.69) is 4.98 Å². The van der Waals surface area contributed by atoms with Gasteiger partial charge in [-0.1, -0.05) is 0 Å². The number of nitrogens with zero attached hydrogens (tertiary/aromatic N) is 2. The van der Waals surface area contributed by atoms with Crippen LogP contribution in [0.2, 0.25) is 0 Å². The molecule has 2 fully saturated rings. The van der Waals surface area contributed by atoms with E-state index in [1.807, 2.05) is 0 Å². The molecule has 2 aliphatic rings. The third-order valence-electron chi connectivity index (χ3n) is 3.57. The molecule has 0 unspecified atom stereocenters. The van der Waals surface area contributed by atoms with Crippen molar-refractivity contribution in [1.29, 1.82) is 0 Å². The molecule has 1 aromatic heterocycles. The fourth-order valence-electron chi connectivity index (χ4n) is 2.40. The molecule has 1 aromatic rings. The molecule has 20 heavy (non-hydrogen) atoms. The molecule has 0 bridgehead atoms. The molecule has 0 spiro atoms. The van der Waals surface area contributed by atoms with Crippen LogP contribution in [-0.4, -0.2) is 42.2 Å². The van der Waals surface area contributed by atoms with Gasteiger partial charge in [-0.25, -0.2) is 18.6 Å². The summed E-state index contributed by atoms with van der Waals surface area (Å²) in [5.41, 5.74) is 1.00. The second kappa shape index (κ2) is 4.29. The molecule has 108 valence electrons. The number of aromatic nitrogens is 1. The first-order valence-corrected chi connectivity index (χ1v) is 6.36. The summed E-state index contributed by atoms with van der Waals surface area (Å²) in [6, 6.07) is 1.51. The SMILES string of the molecule is COc1cc(N2CC(F)(F)C2)c(C2CC2)nc1C(=O)O. The number of carbonyl (C=O) groups is 1. The number of alkyl halides is 2. The average Bonchev–Trinajstić information content (AvgIpc) is 3.18. The monoisotopic (exact) mass is 284 g/mol. The van der Waals surface area contributed by atoms with E-state index in [9.17, 15) is 13.6 Å². The van der Waals surface area contributed by atoms with Gasteiger partial charge in [-0.3, -0.25) is 0 Å². The molecule has 1 aliphatic heterocycles. The fraction of sp³-hybridized carbons (Fsp3) is 0.538. The van der Waals surface area contributed by atoms with Crippen LogP contribution in [0.3, 0.4) is 0 Å². The Morgan fingerprint density at radius 2 is 2.15 bits per heavy atom. The molecule has 1 saturated heterocycles. The highest BCUT2D eigenvalue weighted by Gasteiger charge is 2.46. The van der Waals surface area contributed by atoms with Gasteiger partial charge in [0.25, 0.3) is 5.92 Å². The maximum atomic E-state index is 13.0. The number of halogens is 2. The molecule has 7 heteroatoms. The second-order valence-corrected chi connectivity index (χ2v) is 5.24. The minimum atomic E-state index is -2.68. The maximum Gasteiger partial charge on any atom is 0.358 e. The number of pyridine rings is 1. The number of hydrogen-bond donors (Lipinski definition) is 1. The van der Waals surface area contributed by atoms with Gasteiger partial charge in [-0.05, 0) is 12.8 Å². The Balaban J connectivity index is 2.01. The van der Waals surface area contributed by atoms with Gasteiger partial charge in [-0.2, -0.15) is 0 Å². The first-order valence-electron chi connectivity index (χ1n) is 6.36. The summed E-state index contributed by atoms with van der Waals surface area (Å²) < 4.78 is 31.1. The van der Waals surface area contributed by atoms with Gasteiger partial charge in [0, 0.05) is 12.0 Å². The predicted octanol–water partition coefficient (Wildman–Crippen LogP) is 2.12. The van der Waals surface area contributed by atoms with Crippen molar-refractivity contribution in [1.82, 2.24) is 4.98 Å². The average molecular weight is 284 g/mol. The lowest BCUT2D eigenvalue weighted by atomic mass is 10.1. The number of rotatable bonds is 4. The quantitative estimate of drug-likeness (QED) is 0.917. The molecule has 0 amide bonds. The van der Waals surface area contributed by atoms with Crippen LogP contribution in [0, 0.1) is 0 Å². The Kier molecular flexibility index (Phi) is 2.81. The van der Waals surface area contributed by atoms with Gasteiger partial charge < -0.3 is 14.7 Å². The van der Waals surface area contributed by atoms with Crippen molar-refractivity contribution in [3.8, 4) is 5.75 Å². The zero-order chi connectivity index (χ0) is 14.5. The summed E-state index contributed by atoms with van der Waals surface area (Å²) in [7, 11) is 1.34. The number of carboxylic acid groups (broad SMARTS) is 1. The van der Waals surface area contributed by atoms with Crippen LogP contribution in [0.25, 0.3) is 0 Å². The molecule has 0 aromatic carbocycles. The fourth-order valence-corrected chi connectivity index (χ4v) is 2.40. The van der Waals surface area contributed by atoms with Gasteiger partial charge in [0.15, 0.2) is 11.4 Å². The number of hydrogen-bond acceptors (Lipinski definition) is 4. The molecule has 0 atom stereocenters. The van der Waals surface area contributed by atoms with Crippen LogP contribution < -0.4 is 9.64 Å². The summed E-state index contributed by atoms with van der Waals surface area (Å²) in [6.45, 7) is -0.714. The minimum Gasteiger partial charge on any atom is -0.494 e. The largest absolute Gasteiger partial charge is 0.494 e. The highest BCUT2D eigenvalue weighted by atomic mass is 19.3. The normalized spacial score (nSPS) is 20.4. The highest BCUT2D eigenvalue weighted by molar-refractivity contribution is 5.89. The molecule has 1 saturated carbocycles. The van der Waals surface area contributed by atoms with Crippen LogP contribution in [0.4, 0.5) is 14.5 Å². The molecule has 1 N–H and O–H groups in total. The first kappa shape index (κ1) is 13.1. The van der Waals surface area contributed by atoms with E-state index in [0.717, 1.165) is 12.8 Å². The molecule has 5 nitrogen and oxygen atoms in total. The van der Waals surface area contributed by atoms with Crippen molar-refractivity contribution in [3.05, 3.63) is 17.5 Å². The number of methoxy groups -OCH3 is 1. The predicted molar refractivity (Wildman–Crippen MR) is 66.9 cm³/mol. The molecule has 0 radical (unpaired) electrons. The summed E-state index contributed by atoms with van der Waals surface area (Å²) in [5.74, 6) is -3.58. The van der Waals surface area contributed by atoms with Gasteiger partial charge in [-0.15, -0.1) is 0 Å². The number of carboxylic acids is 1. The maximum absolute atomic E-state index is 13.0. The third-order valence-corrected chi connectivity index (χ3v) is 3.57. The van der Waals surface area contributed by atoms with E-state index in [4.69, 9.17) is 9.84 Å². The molecular weight excluding hydrogens is 270 g/mol. The summed E-state index contributed by atoms with van der Waals surface area (Å²) in [4.78, 5) is 16.8. The Bertz CT molecular complexity index is 565. The zero-order valence-corrected chi connectivity index (χ0v) is 10.9. The van der Waals surface area contributed by atoms with E-state index in [1.165, 1.54) is 18.1 Å².